The van der Waals surface area contributed by atoms with Crippen LogP contribution in [0.25, 0.3) is 0 Å². The highest BCUT2D eigenvalue weighted by Crippen LogP contribution is 2.40. The minimum absolute atomic E-state index is 0.258. The van der Waals surface area contributed by atoms with E-state index in [1.165, 1.54) is 6.26 Å². The van der Waals surface area contributed by atoms with Gasteiger partial charge in [0.05, 0.1) is 26.5 Å². The largest absolute Gasteiger partial charge is 0.493 e. The van der Waals surface area contributed by atoms with Gasteiger partial charge in [-0.05, 0) is 66.9 Å². The van der Waals surface area contributed by atoms with Crippen LogP contribution in [-0.2, 0) is 6.42 Å². The molecule has 3 aromatic heterocycles. The highest BCUT2D eigenvalue weighted by molar-refractivity contribution is 7.16. The number of rotatable bonds is 9. The van der Waals surface area contributed by atoms with Crippen LogP contribution < -0.4 is 20.1 Å². The molecular weight excluding hydrogens is 450 g/mol. The fourth-order valence-corrected chi connectivity index (χ4v) is 4.68. The van der Waals surface area contributed by atoms with Crippen molar-refractivity contribution in [2.24, 2.45) is 0 Å². The van der Waals surface area contributed by atoms with Crippen molar-refractivity contribution < 1.29 is 18.7 Å². The molecule has 1 amide bonds. The number of anilines is 2. The summed E-state index contributed by atoms with van der Waals surface area (Å²) in [5.74, 6) is 1.96. The van der Waals surface area contributed by atoms with Crippen LogP contribution in [0.4, 0.5) is 10.8 Å². The van der Waals surface area contributed by atoms with Gasteiger partial charge in [0.2, 0.25) is 0 Å². The number of carbonyl (C=O) groups is 1. The number of benzene rings is 1. The molecule has 176 valence electrons. The van der Waals surface area contributed by atoms with E-state index in [1.54, 1.807) is 43.9 Å². The number of pyridine rings is 1. The Balaban J connectivity index is 1.80. The normalized spacial score (nSPS) is 11.6. The Morgan fingerprint density at radius 2 is 1.94 bits per heavy atom. The third-order valence-electron chi connectivity index (χ3n) is 5.39. The van der Waals surface area contributed by atoms with E-state index in [1.807, 2.05) is 37.3 Å². The number of amides is 1. The van der Waals surface area contributed by atoms with Gasteiger partial charge in [0, 0.05) is 16.6 Å². The van der Waals surface area contributed by atoms with Crippen molar-refractivity contribution in [3.8, 4) is 11.5 Å². The molecule has 2 N–H and O–H groups in total. The van der Waals surface area contributed by atoms with Gasteiger partial charge < -0.3 is 24.5 Å². The fourth-order valence-electron chi connectivity index (χ4n) is 3.65. The first kappa shape index (κ1) is 23.4. The Morgan fingerprint density at radius 3 is 2.62 bits per heavy atom. The minimum Gasteiger partial charge on any atom is -0.493 e. The molecule has 0 bridgehead atoms. The highest BCUT2D eigenvalue weighted by Gasteiger charge is 2.24. The molecule has 1 aromatic carbocycles. The Hall–Kier alpha value is -3.78. The number of furan rings is 1. The van der Waals surface area contributed by atoms with Crippen molar-refractivity contribution in [1.29, 1.82) is 0 Å². The molecule has 3 heterocycles. The van der Waals surface area contributed by atoms with E-state index in [4.69, 9.17) is 13.9 Å². The first-order valence-electron chi connectivity index (χ1n) is 10.9. The standard InChI is InChI=1S/C26H27N3O4S/c1-5-18-15-19(26(34-18)29-25(30)21-7-6-12-33-21)24(28-23-13-16(2)10-11-27-23)17-8-9-20(31-3)22(14-17)32-4/h6-15,24H,5H2,1-4H3,(H,27,28)(H,29,30)/t24-/m0/s1. The molecule has 0 fully saturated rings. The average Bonchev–Trinajstić information content (AvgIpc) is 3.52. The van der Waals surface area contributed by atoms with Gasteiger partial charge in [-0.2, -0.15) is 0 Å². The summed E-state index contributed by atoms with van der Waals surface area (Å²) in [6.45, 7) is 4.11. The molecule has 8 heteroatoms. The number of hydrogen-bond donors (Lipinski definition) is 2. The van der Waals surface area contributed by atoms with E-state index in [9.17, 15) is 4.79 Å². The van der Waals surface area contributed by atoms with Crippen molar-refractivity contribution in [3.63, 3.8) is 0 Å². The molecule has 34 heavy (non-hydrogen) atoms. The molecule has 0 saturated carbocycles. The van der Waals surface area contributed by atoms with Crippen LogP contribution in [0, 0.1) is 6.92 Å². The van der Waals surface area contributed by atoms with E-state index in [0.29, 0.717) is 11.5 Å². The van der Waals surface area contributed by atoms with Gasteiger partial charge >= 0.3 is 0 Å². The van der Waals surface area contributed by atoms with Crippen molar-refractivity contribution in [3.05, 3.63) is 88.3 Å². The third kappa shape index (κ3) is 5.07. The molecule has 0 spiro atoms. The van der Waals surface area contributed by atoms with E-state index >= 15 is 0 Å². The van der Waals surface area contributed by atoms with Crippen molar-refractivity contribution in [2.45, 2.75) is 26.3 Å². The van der Waals surface area contributed by atoms with Crippen LogP contribution in [0.1, 0.15) is 45.1 Å². The molecule has 7 nitrogen and oxygen atoms in total. The van der Waals surface area contributed by atoms with Crippen molar-refractivity contribution in [1.82, 2.24) is 4.98 Å². The second-order valence-corrected chi connectivity index (χ2v) is 8.83. The lowest BCUT2D eigenvalue weighted by atomic mass is 9.99. The van der Waals surface area contributed by atoms with Gasteiger partial charge in [0.25, 0.3) is 5.91 Å². The van der Waals surface area contributed by atoms with Crippen LogP contribution in [-0.4, -0.2) is 25.1 Å². The quantitative estimate of drug-likeness (QED) is 0.304. The molecule has 0 saturated heterocycles. The number of nitrogens with one attached hydrogen (secondary N) is 2. The first-order valence-corrected chi connectivity index (χ1v) is 11.7. The van der Waals surface area contributed by atoms with Crippen LogP contribution >= 0.6 is 11.3 Å². The number of nitrogens with zero attached hydrogens (tertiary/aromatic N) is 1. The number of methoxy groups -OCH3 is 2. The van der Waals surface area contributed by atoms with Crippen molar-refractivity contribution in [2.75, 3.05) is 24.9 Å². The molecule has 0 aliphatic rings. The van der Waals surface area contributed by atoms with E-state index < -0.39 is 0 Å². The summed E-state index contributed by atoms with van der Waals surface area (Å²) in [6.07, 6.45) is 4.10. The summed E-state index contributed by atoms with van der Waals surface area (Å²) < 4.78 is 16.3. The average molecular weight is 478 g/mol. The molecule has 4 rings (SSSR count). The molecule has 0 radical (unpaired) electrons. The Kier molecular flexibility index (Phi) is 7.18. The van der Waals surface area contributed by atoms with Gasteiger partial charge in [0.15, 0.2) is 17.3 Å². The summed E-state index contributed by atoms with van der Waals surface area (Å²) in [4.78, 5) is 18.4. The van der Waals surface area contributed by atoms with Gasteiger partial charge in [0.1, 0.15) is 10.8 Å². The fraction of sp³-hybridized carbons (Fsp3) is 0.231. The Morgan fingerprint density at radius 1 is 1.12 bits per heavy atom. The Bertz CT molecular complexity index is 1270. The zero-order chi connectivity index (χ0) is 24.1. The van der Waals surface area contributed by atoms with Gasteiger partial charge in [-0.25, -0.2) is 4.98 Å². The number of aryl methyl sites for hydroxylation is 2. The van der Waals surface area contributed by atoms with Gasteiger partial charge in [-0.15, -0.1) is 11.3 Å². The van der Waals surface area contributed by atoms with E-state index in [2.05, 4.69) is 28.6 Å². The summed E-state index contributed by atoms with van der Waals surface area (Å²) in [7, 11) is 3.22. The Labute approximate surface area is 202 Å². The topological polar surface area (TPSA) is 85.6 Å². The highest BCUT2D eigenvalue weighted by atomic mass is 32.1. The first-order chi connectivity index (χ1) is 16.5. The summed E-state index contributed by atoms with van der Waals surface area (Å²) in [6, 6.07) is 14.9. The van der Waals surface area contributed by atoms with E-state index in [0.717, 1.165) is 38.8 Å². The second-order valence-electron chi connectivity index (χ2n) is 7.69. The number of ether oxygens (including phenoxy) is 2. The van der Waals surface area contributed by atoms with Crippen LogP contribution in [0.15, 0.2) is 65.4 Å². The van der Waals surface area contributed by atoms with Crippen LogP contribution in [0.3, 0.4) is 0 Å². The SMILES string of the molecule is CCc1cc([C@@H](Nc2cc(C)ccn2)c2ccc(OC)c(OC)c2)c(NC(=O)c2ccco2)s1. The van der Waals surface area contributed by atoms with Crippen LogP contribution in [0.2, 0.25) is 0 Å². The van der Waals surface area contributed by atoms with Gasteiger partial charge in [-0.1, -0.05) is 13.0 Å². The van der Waals surface area contributed by atoms with Crippen LogP contribution in [0.5, 0.6) is 11.5 Å². The zero-order valence-corrected chi connectivity index (χ0v) is 20.4. The second kappa shape index (κ2) is 10.4. The molecule has 0 aliphatic heterocycles. The third-order valence-corrected chi connectivity index (χ3v) is 6.60. The monoisotopic (exact) mass is 477 g/mol. The molecule has 0 unspecified atom stereocenters. The summed E-state index contributed by atoms with van der Waals surface area (Å²) >= 11 is 1.55. The number of carbonyl (C=O) groups excluding carboxylic acids is 1. The predicted octanol–water partition coefficient (Wildman–Crippen LogP) is 6.08. The maximum absolute atomic E-state index is 12.8. The van der Waals surface area contributed by atoms with Crippen molar-refractivity contribution >= 4 is 28.1 Å². The molecular formula is C26H27N3O4S. The van der Waals surface area contributed by atoms with Gasteiger partial charge in [-0.3, -0.25) is 4.79 Å². The molecule has 1 atom stereocenters. The summed E-state index contributed by atoms with van der Waals surface area (Å²) in [5, 5.41) is 7.34. The lowest BCUT2D eigenvalue weighted by Gasteiger charge is -2.22. The summed E-state index contributed by atoms with van der Waals surface area (Å²) in [5.41, 5.74) is 2.96. The number of hydrogen-bond acceptors (Lipinski definition) is 7. The predicted molar refractivity (Wildman–Crippen MR) is 134 cm³/mol. The molecule has 4 aromatic rings. The smallest absolute Gasteiger partial charge is 0.291 e. The number of aromatic nitrogens is 1. The zero-order valence-electron chi connectivity index (χ0n) is 19.5. The van der Waals surface area contributed by atoms with E-state index in [-0.39, 0.29) is 17.7 Å². The minimum atomic E-state index is -0.308. The number of thiophene rings is 1. The molecule has 0 aliphatic carbocycles. The lowest BCUT2D eigenvalue weighted by Crippen LogP contribution is -2.17. The lowest BCUT2D eigenvalue weighted by molar-refractivity contribution is 0.0997. The maximum atomic E-state index is 12.8. The maximum Gasteiger partial charge on any atom is 0.291 e.